The minimum Gasteiger partial charge on any atom is -0.504 e. The Labute approximate surface area is 141 Å². The number of nitrogens with zero attached hydrogens (tertiary/aromatic N) is 2. The molecule has 1 fully saturated rings. The first-order chi connectivity index (χ1) is 11.6. The van der Waals surface area contributed by atoms with E-state index in [0.717, 1.165) is 13.1 Å². The van der Waals surface area contributed by atoms with E-state index in [4.69, 9.17) is 9.47 Å². The predicted molar refractivity (Wildman–Crippen MR) is 91.6 cm³/mol. The summed E-state index contributed by atoms with van der Waals surface area (Å²) < 4.78 is 10.4. The smallest absolute Gasteiger partial charge is 0.254 e. The van der Waals surface area contributed by atoms with Crippen molar-refractivity contribution in [2.75, 3.05) is 40.0 Å². The number of phenols is 1. The molecule has 0 aliphatic carbocycles. The van der Waals surface area contributed by atoms with E-state index >= 15 is 0 Å². The number of nitrogens with one attached hydrogen (secondary N) is 1. The van der Waals surface area contributed by atoms with Gasteiger partial charge in [-0.05, 0) is 24.1 Å². The molecule has 0 radical (unpaired) electrons. The van der Waals surface area contributed by atoms with Gasteiger partial charge < -0.3 is 14.6 Å². The van der Waals surface area contributed by atoms with Crippen LogP contribution in [0.3, 0.4) is 0 Å². The molecule has 24 heavy (non-hydrogen) atoms. The highest BCUT2D eigenvalue weighted by molar-refractivity contribution is 5.84. The summed E-state index contributed by atoms with van der Waals surface area (Å²) in [4.78, 5) is 13.9. The summed E-state index contributed by atoms with van der Waals surface area (Å²) in [6, 6.07) is 3.43. The molecule has 0 atom stereocenters. The van der Waals surface area contributed by atoms with Crippen LogP contribution in [0.5, 0.6) is 11.5 Å². The van der Waals surface area contributed by atoms with Crippen molar-refractivity contribution in [3.05, 3.63) is 35.9 Å². The molecule has 7 heteroatoms. The lowest BCUT2D eigenvalue weighted by Crippen LogP contribution is -2.42. The largest absolute Gasteiger partial charge is 0.504 e. The summed E-state index contributed by atoms with van der Waals surface area (Å²) in [5, 5.41) is 14.0. The number of ether oxygens (including phenoxy) is 2. The Morgan fingerprint density at radius 2 is 2.25 bits per heavy atom. The maximum atomic E-state index is 11.9. The maximum absolute atomic E-state index is 11.9. The normalized spacial score (nSPS) is 15.4. The number of morpholine rings is 1. The van der Waals surface area contributed by atoms with Crippen molar-refractivity contribution >= 4 is 12.1 Å². The third-order valence-corrected chi connectivity index (χ3v) is 3.63. The minimum atomic E-state index is -0.176. The van der Waals surface area contributed by atoms with Crippen molar-refractivity contribution in [3.63, 3.8) is 0 Å². The SMILES string of the molecule is C=CCc1cc(/C=N/NC(=O)CN2CCOCC2)cc(OC)c1O. The summed E-state index contributed by atoms with van der Waals surface area (Å²) in [7, 11) is 1.48. The van der Waals surface area contributed by atoms with E-state index in [1.807, 2.05) is 4.90 Å². The van der Waals surface area contributed by atoms with E-state index in [2.05, 4.69) is 17.1 Å². The number of rotatable bonds is 7. The molecule has 0 saturated carbocycles. The van der Waals surface area contributed by atoms with Gasteiger partial charge in [0.2, 0.25) is 0 Å². The number of phenolic OH excluding ortho intramolecular Hbond substituents is 1. The maximum Gasteiger partial charge on any atom is 0.254 e. The standard InChI is InChI=1S/C17H23N3O4/c1-3-4-14-9-13(10-15(23-2)17(14)22)11-18-19-16(21)12-20-5-7-24-8-6-20/h3,9-11,22H,1,4-8,12H2,2H3,(H,19,21)/b18-11+. The van der Waals surface area contributed by atoms with Gasteiger partial charge in [-0.1, -0.05) is 6.08 Å². The third kappa shape index (κ3) is 5.07. The Balaban J connectivity index is 1.96. The molecule has 0 spiro atoms. The number of carbonyl (C=O) groups is 1. The second kappa shape index (κ2) is 9.05. The van der Waals surface area contributed by atoms with Gasteiger partial charge in [-0.3, -0.25) is 9.69 Å². The average molecular weight is 333 g/mol. The van der Waals surface area contributed by atoms with E-state index < -0.39 is 0 Å². The molecule has 1 aromatic rings. The number of allylic oxidation sites excluding steroid dienone is 1. The fraction of sp³-hybridized carbons (Fsp3) is 0.412. The molecule has 1 saturated heterocycles. The fourth-order valence-electron chi connectivity index (χ4n) is 2.41. The Morgan fingerprint density at radius 1 is 1.50 bits per heavy atom. The van der Waals surface area contributed by atoms with E-state index in [1.165, 1.54) is 13.3 Å². The number of hydrogen-bond acceptors (Lipinski definition) is 6. The van der Waals surface area contributed by atoms with Gasteiger partial charge in [-0.15, -0.1) is 6.58 Å². The molecule has 1 heterocycles. The van der Waals surface area contributed by atoms with Gasteiger partial charge in [0, 0.05) is 18.7 Å². The van der Waals surface area contributed by atoms with E-state index in [-0.39, 0.29) is 11.7 Å². The van der Waals surface area contributed by atoms with Crippen molar-refractivity contribution < 1.29 is 19.4 Å². The van der Waals surface area contributed by atoms with Crippen LogP contribution < -0.4 is 10.2 Å². The molecule has 0 aromatic heterocycles. The number of carbonyl (C=O) groups excluding carboxylic acids is 1. The monoisotopic (exact) mass is 333 g/mol. The van der Waals surface area contributed by atoms with Crippen LogP contribution in [-0.4, -0.2) is 62.1 Å². The molecule has 0 bridgehead atoms. The third-order valence-electron chi connectivity index (χ3n) is 3.63. The van der Waals surface area contributed by atoms with Crippen molar-refractivity contribution in [3.8, 4) is 11.5 Å². The lowest BCUT2D eigenvalue weighted by atomic mass is 10.1. The summed E-state index contributed by atoms with van der Waals surface area (Å²) in [5.74, 6) is 0.270. The lowest BCUT2D eigenvalue weighted by molar-refractivity contribution is -0.123. The predicted octanol–water partition coefficient (Wildman–Crippen LogP) is 0.912. The zero-order chi connectivity index (χ0) is 17.4. The molecule has 2 rings (SSSR count). The van der Waals surface area contributed by atoms with E-state index in [9.17, 15) is 9.90 Å². The Morgan fingerprint density at radius 3 is 2.92 bits per heavy atom. The molecule has 2 N–H and O–H groups in total. The van der Waals surface area contributed by atoms with Crippen LogP contribution in [0.25, 0.3) is 0 Å². The first kappa shape index (κ1) is 18.0. The molecule has 130 valence electrons. The van der Waals surface area contributed by atoms with Crippen LogP contribution in [0.4, 0.5) is 0 Å². The van der Waals surface area contributed by atoms with Crippen LogP contribution in [0, 0.1) is 0 Å². The van der Waals surface area contributed by atoms with Gasteiger partial charge in [-0.2, -0.15) is 5.10 Å². The van der Waals surface area contributed by atoms with Gasteiger partial charge in [0.1, 0.15) is 0 Å². The summed E-state index contributed by atoms with van der Waals surface area (Å²) in [6.07, 6.45) is 3.72. The van der Waals surface area contributed by atoms with Gasteiger partial charge in [-0.25, -0.2) is 5.43 Å². The lowest BCUT2D eigenvalue weighted by Gasteiger charge is -2.25. The van der Waals surface area contributed by atoms with Crippen molar-refractivity contribution in [1.29, 1.82) is 0 Å². The highest BCUT2D eigenvalue weighted by atomic mass is 16.5. The topological polar surface area (TPSA) is 83.4 Å². The zero-order valence-corrected chi connectivity index (χ0v) is 13.8. The quantitative estimate of drug-likeness (QED) is 0.440. The van der Waals surface area contributed by atoms with E-state index in [0.29, 0.717) is 43.1 Å². The molecular weight excluding hydrogens is 310 g/mol. The number of methoxy groups -OCH3 is 1. The number of hydrogen-bond donors (Lipinski definition) is 2. The molecular formula is C17H23N3O4. The summed E-state index contributed by atoms with van der Waals surface area (Å²) in [6.45, 7) is 6.75. The van der Waals surface area contributed by atoms with Gasteiger partial charge >= 0.3 is 0 Å². The van der Waals surface area contributed by atoms with Crippen LogP contribution >= 0.6 is 0 Å². The van der Waals surface area contributed by atoms with Gasteiger partial charge in [0.05, 0.1) is 33.1 Å². The molecule has 1 aromatic carbocycles. The number of amides is 1. The van der Waals surface area contributed by atoms with Crippen LogP contribution in [0.2, 0.25) is 0 Å². The highest BCUT2D eigenvalue weighted by Gasteiger charge is 2.13. The highest BCUT2D eigenvalue weighted by Crippen LogP contribution is 2.31. The molecule has 7 nitrogen and oxygen atoms in total. The second-order valence-electron chi connectivity index (χ2n) is 5.41. The summed E-state index contributed by atoms with van der Waals surface area (Å²) in [5.41, 5.74) is 3.91. The van der Waals surface area contributed by atoms with Crippen LogP contribution in [0.1, 0.15) is 11.1 Å². The van der Waals surface area contributed by atoms with Crippen molar-refractivity contribution in [2.24, 2.45) is 5.10 Å². The average Bonchev–Trinajstić information content (AvgIpc) is 2.58. The van der Waals surface area contributed by atoms with Crippen LogP contribution in [-0.2, 0) is 16.0 Å². The molecule has 1 aliphatic heterocycles. The van der Waals surface area contributed by atoms with Gasteiger partial charge in [0.15, 0.2) is 11.5 Å². The second-order valence-corrected chi connectivity index (χ2v) is 5.41. The Kier molecular flexibility index (Phi) is 6.77. The van der Waals surface area contributed by atoms with Crippen molar-refractivity contribution in [1.82, 2.24) is 10.3 Å². The molecule has 1 amide bonds. The molecule has 1 aliphatic rings. The minimum absolute atomic E-state index is 0.0888. The Bertz CT molecular complexity index is 610. The first-order valence-electron chi connectivity index (χ1n) is 7.76. The number of hydrazone groups is 1. The Hall–Kier alpha value is -2.38. The van der Waals surface area contributed by atoms with Gasteiger partial charge in [0.25, 0.3) is 5.91 Å². The van der Waals surface area contributed by atoms with Crippen LogP contribution in [0.15, 0.2) is 29.9 Å². The first-order valence-corrected chi connectivity index (χ1v) is 7.76. The fourth-order valence-corrected chi connectivity index (χ4v) is 2.41. The molecule has 0 unspecified atom stereocenters. The zero-order valence-electron chi connectivity index (χ0n) is 13.8. The van der Waals surface area contributed by atoms with Crippen molar-refractivity contribution in [2.45, 2.75) is 6.42 Å². The van der Waals surface area contributed by atoms with E-state index in [1.54, 1.807) is 18.2 Å². The number of aromatic hydroxyl groups is 1. The number of benzene rings is 1. The summed E-state index contributed by atoms with van der Waals surface area (Å²) >= 11 is 0.